The summed E-state index contributed by atoms with van der Waals surface area (Å²) in [5.41, 5.74) is 1.74. The highest BCUT2D eigenvalue weighted by molar-refractivity contribution is 9.10. The van der Waals surface area contributed by atoms with Crippen molar-refractivity contribution in [2.45, 2.75) is 32.9 Å². The molecule has 0 amide bonds. The molecular formula is C16H16BrN3O2. The van der Waals surface area contributed by atoms with Crippen molar-refractivity contribution >= 4 is 21.9 Å². The SMILES string of the molecule is CC(C)(C)OC(=O)Cn1cc(-c2cc(Br)cc(C#N)c2)cn1. The number of carbonyl (C=O) groups excluding carboxylic acids is 1. The molecular weight excluding hydrogens is 346 g/mol. The number of rotatable bonds is 3. The Hall–Kier alpha value is -2.13. The van der Waals surface area contributed by atoms with Gasteiger partial charge in [0.05, 0.1) is 17.8 Å². The summed E-state index contributed by atoms with van der Waals surface area (Å²) < 4.78 is 7.61. The molecule has 0 N–H and O–H groups in total. The number of aromatic nitrogens is 2. The lowest BCUT2D eigenvalue weighted by Crippen LogP contribution is -2.26. The number of hydrogen-bond acceptors (Lipinski definition) is 4. The van der Waals surface area contributed by atoms with Gasteiger partial charge in [0, 0.05) is 16.2 Å². The van der Waals surface area contributed by atoms with E-state index in [0.29, 0.717) is 5.56 Å². The van der Waals surface area contributed by atoms with Crippen LogP contribution in [0.5, 0.6) is 0 Å². The first-order valence-corrected chi connectivity index (χ1v) is 7.51. The molecule has 0 bridgehead atoms. The van der Waals surface area contributed by atoms with Crippen molar-refractivity contribution < 1.29 is 9.53 Å². The molecule has 0 spiro atoms. The highest BCUT2D eigenvalue weighted by Crippen LogP contribution is 2.24. The second-order valence-electron chi connectivity index (χ2n) is 5.85. The standard InChI is InChI=1S/C16H16BrN3O2/c1-16(2,3)22-15(21)10-20-9-13(8-19-20)12-4-11(7-18)5-14(17)6-12/h4-6,8-9H,10H2,1-3H3. The second kappa shape index (κ2) is 6.32. The van der Waals surface area contributed by atoms with E-state index >= 15 is 0 Å². The van der Waals surface area contributed by atoms with Gasteiger partial charge in [-0.3, -0.25) is 9.48 Å². The zero-order chi connectivity index (χ0) is 16.3. The van der Waals surface area contributed by atoms with Gasteiger partial charge < -0.3 is 4.74 Å². The summed E-state index contributed by atoms with van der Waals surface area (Å²) in [5.74, 6) is -0.339. The molecule has 5 nitrogen and oxygen atoms in total. The van der Waals surface area contributed by atoms with E-state index < -0.39 is 5.60 Å². The van der Waals surface area contributed by atoms with E-state index in [9.17, 15) is 4.79 Å². The number of benzene rings is 1. The average Bonchev–Trinajstić information content (AvgIpc) is 2.84. The summed E-state index contributed by atoms with van der Waals surface area (Å²) in [6, 6.07) is 7.53. The van der Waals surface area contributed by atoms with Crippen molar-refractivity contribution in [1.82, 2.24) is 9.78 Å². The van der Waals surface area contributed by atoms with Crippen molar-refractivity contribution in [1.29, 1.82) is 5.26 Å². The fourth-order valence-electron chi connectivity index (χ4n) is 1.93. The van der Waals surface area contributed by atoms with E-state index in [1.165, 1.54) is 4.68 Å². The molecule has 0 atom stereocenters. The van der Waals surface area contributed by atoms with Crippen LogP contribution in [0.15, 0.2) is 35.1 Å². The molecule has 1 aromatic heterocycles. The van der Waals surface area contributed by atoms with Crippen LogP contribution in [0.1, 0.15) is 26.3 Å². The summed E-state index contributed by atoms with van der Waals surface area (Å²) in [4.78, 5) is 11.8. The molecule has 1 heterocycles. The molecule has 0 aliphatic heterocycles. The number of nitriles is 1. The van der Waals surface area contributed by atoms with Gasteiger partial charge in [-0.15, -0.1) is 0 Å². The van der Waals surface area contributed by atoms with Crippen LogP contribution >= 0.6 is 15.9 Å². The fourth-order valence-corrected chi connectivity index (χ4v) is 2.42. The van der Waals surface area contributed by atoms with Gasteiger partial charge in [0.25, 0.3) is 0 Å². The highest BCUT2D eigenvalue weighted by atomic mass is 79.9. The third kappa shape index (κ3) is 4.43. The van der Waals surface area contributed by atoms with Gasteiger partial charge in [0.1, 0.15) is 12.1 Å². The Morgan fingerprint density at radius 1 is 1.36 bits per heavy atom. The van der Waals surface area contributed by atoms with Crippen LogP contribution in [0.4, 0.5) is 0 Å². The van der Waals surface area contributed by atoms with E-state index in [1.54, 1.807) is 24.5 Å². The highest BCUT2D eigenvalue weighted by Gasteiger charge is 2.17. The van der Waals surface area contributed by atoms with Crippen LogP contribution in [-0.2, 0) is 16.1 Å². The first-order chi connectivity index (χ1) is 10.3. The predicted octanol–water partition coefficient (Wildman–Crippen LogP) is 3.53. The van der Waals surface area contributed by atoms with Crippen LogP contribution < -0.4 is 0 Å². The zero-order valence-corrected chi connectivity index (χ0v) is 14.2. The van der Waals surface area contributed by atoms with Crippen molar-refractivity contribution in [3.63, 3.8) is 0 Å². The Labute approximate surface area is 137 Å². The van der Waals surface area contributed by atoms with E-state index in [2.05, 4.69) is 27.1 Å². The van der Waals surface area contributed by atoms with Crippen molar-refractivity contribution in [3.8, 4) is 17.2 Å². The Morgan fingerprint density at radius 3 is 2.73 bits per heavy atom. The molecule has 0 aliphatic rings. The molecule has 0 aliphatic carbocycles. The molecule has 2 rings (SSSR count). The summed E-state index contributed by atoms with van der Waals surface area (Å²) in [6.45, 7) is 5.52. The Kier molecular flexibility index (Phi) is 4.67. The van der Waals surface area contributed by atoms with Crippen LogP contribution in [0, 0.1) is 11.3 Å². The smallest absolute Gasteiger partial charge is 0.328 e. The minimum atomic E-state index is -0.515. The van der Waals surface area contributed by atoms with Crippen molar-refractivity contribution in [2.24, 2.45) is 0 Å². The molecule has 0 saturated carbocycles. The summed E-state index contributed by atoms with van der Waals surface area (Å²) in [5, 5.41) is 13.2. The van der Waals surface area contributed by atoms with Crippen LogP contribution in [0.2, 0.25) is 0 Å². The largest absolute Gasteiger partial charge is 0.459 e. The van der Waals surface area contributed by atoms with Gasteiger partial charge in [0.2, 0.25) is 0 Å². The lowest BCUT2D eigenvalue weighted by Gasteiger charge is -2.19. The first kappa shape index (κ1) is 16.2. The number of halogens is 1. The molecule has 22 heavy (non-hydrogen) atoms. The molecule has 0 radical (unpaired) electrons. The fraction of sp³-hybridized carbons (Fsp3) is 0.312. The van der Waals surface area contributed by atoms with Gasteiger partial charge in [-0.25, -0.2) is 0 Å². The number of carbonyl (C=O) groups is 1. The van der Waals surface area contributed by atoms with Crippen LogP contribution in [0.25, 0.3) is 11.1 Å². The topological polar surface area (TPSA) is 67.9 Å². The van der Waals surface area contributed by atoms with Gasteiger partial charge >= 0.3 is 5.97 Å². The zero-order valence-electron chi connectivity index (χ0n) is 12.6. The maximum atomic E-state index is 11.8. The Bertz CT molecular complexity index is 739. The maximum Gasteiger partial charge on any atom is 0.328 e. The average molecular weight is 362 g/mol. The van der Waals surface area contributed by atoms with Gasteiger partial charge in [-0.2, -0.15) is 10.4 Å². The van der Waals surface area contributed by atoms with E-state index in [0.717, 1.165) is 15.6 Å². The Balaban J connectivity index is 2.17. The molecule has 0 unspecified atom stereocenters. The van der Waals surface area contributed by atoms with E-state index in [4.69, 9.17) is 10.00 Å². The first-order valence-electron chi connectivity index (χ1n) is 6.72. The molecule has 0 saturated heterocycles. The van der Waals surface area contributed by atoms with Gasteiger partial charge in [-0.1, -0.05) is 15.9 Å². The molecule has 0 fully saturated rings. The maximum absolute atomic E-state index is 11.8. The van der Waals surface area contributed by atoms with Crippen molar-refractivity contribution in [3.05, 3.63) is 40.6 Å². The molecule has 114 valence electrons. The third-order valence-corrected chi connectivity index (χ3v) is 3.16. The lowest BCUT2D eigenvalue weighted by atomic mass is 10.1. The monoisotopic (exact) mass is 361 g/mol. The lowest BCUT2D eigenvalue weighted by molar-refractivity contribution is -0.155. The predicted molar refractivity (Wildman–Crippen MR) is 85.9 cm³/mol. The summed E-state index contributed by atoms with van der Waals surface area (Å²) >= 11 is 3.38. The summed E-state index contributed by atoms with van der Waals surface area (Å²) in [7, 11) is 0. The number of nitrogens with zero attached hydrogens (tertiary/aromatic N) is 3. The minimum absolute atomic E-state index is 0.0520. The number of hydrogen-bond donors (Lipinski definition) is 0. The summed E-state index contributed by atoms with van der Waals surface area (Å²) in [6.07, 6.45) is 3.42. The molecule has 2 aromatic rings. The number of esters is 1. The van der Waals surface area contributed by atoms with Crippen LogP contribution in [0.3, 0.4) is 0 Å². The Morgan fingerprint density at radius 2 is 2.09 bits per heavy atom. The molecule has 6 heteroatoms. The van der Waals surface area contributed by atoms with E-state index in [1.807, 2.05) is 26.8 Å². The molecule has 1 aromatic carbocycles. The second-order valence-corrected chi connectivity index (χ2v) is 6.77. The van der Waals surface area contributed by atoms with Crippen molar-refractivity contribution in [2.75, 3.05) is 0 Å². The van der Waals surface area contributed by atoms with E-state index in [-0.39, 0.29) is 12.5 Å². The van der Waals surface area contributed by atoms with Gasteiger partial charge in [0.15, 0.2) is 0 Å². The normalized spacial score (nSPS) is 11.0. The minimum Gasteiger partial charge on any atom is -0.459 e. The quantitative estimate of drug-likeness (QED) is 0.784. The number of ether oxygens (including phenoxy) is 1. The van der Waals surface area contributed by atoms with Gasteiger partial charge in [-0.05, 0) is 44.5 Å². The third-order valence-electron chi connectivity index (χ3n) is 2.70. The van der Waals surface area contributed by atoms with Crippen LogP contribution in [-0.4, -0.2) is 21.4 Å².